The maximum absolute atomic E-state index is 11.2. The van der Waals surface area contributed by atoms with E-state index in [4.69, 9.17) is 0 Å². The number of nitrogens with zero attached hydrogens (tertiary/aromatic N) is 2. The molecule has 0 amide bonds. The van der Waals surface area contributed by atoms with Crippen molar-refractivity contribution in [3.8, 4) is 22.4 Å². The number of benzene rings is 2. The van der Waals surface area contributed by atoms with Gasteiger partial charge in [0.15, 0.2) is 0 Å². The predicted molar refractivity (Wildman–Crippen MR) is 97.1 cm³/mol. The first-order chi connectivity index (χ1) is 12.2. The highest BCUT2D eigenvalue weighted by Gasteiger charge is 2.31. The third-order valence-electron chi connectivity index (χ3n) is 5.10. The number of imidazole rings is 1. The maximum atomic E-state index is 11.2. The number of hydrogen-bond acceptors (Lipinski definition) is 2. The average Bonchev–Trinajstić information content (AvgIpc) is 3.32. The van der Waals surface area contributed by atoms with E-state index in [-0.39, 0.29) is 12.0 Å². The number of rotatable bonds is 4. The van der Waals surface area contributed by atoms with Crippen molar-refractivity contribution in [2.75, 3.05) is 0 Å². The molecule has 1 aromatic heterocycles. The van der Waals surface area contributed by atoms with Gasteiger partial charge in [-0.2, -0.15) is 0 Å². The molecule has 1 fully saturated rings. The van der Waals surface area contributed by atoms with Gasteiger partial charge >= 0.3 is 5.97 Å². The van der Waals surface area contributed by atoms with E-state index in [9.17, 15) is 9.90 Å². The van der Waals surface area contributed by atoms with Crippen LogP contribution >= 0.6 is 0 Å². The van der Waals surface area contributed by atoms with E-state index in [0.717, 1.165) is 24.1 Å². The van der Waals surface area contributed by atoms with E-state index in [1.807, 2.05) is 30.7 Å². The van der Waals surface area contributed by atoms with Crippen LogP contribution in [-0.4, -0.2) is 20.6 Å². The zero-order valence-electron chi connectivity index (χ0n) is 13.9. The van der Waals surface area contributed by atoms with Crippen molar-refractivity contribution < 1.29 is 9.90 Å². The highest BCUT2D eigenvalue weighted by molar-refractivity contribution is 5.71. The van der Waals surface area contributed by atoms with Crippen LogP contribution in [0.2, 0.25) is 0 Å². The van der Waals surface area contributed by atoms with Crippen LogP contribution in [-0.2, 0) is 4.79 Å². The summed E-state index contributed by atoms with van der Waals surface area (Å²) in [5.74, 6) is -0.919. The summed E-state index contributed by atoms with van der Waals surface area (Å²) in [6, 6.07) is 19.0. The highest BCUT2D eigenvalue weighted by atomic mass is 16.4. The van der Waals surface area contributed by atoms with Crippen LogP contribution in [0.15, 0.2) is 67.1 Å². The Labute approximate surface area is 146 Å². The van der Waals surface area contributed by atoms with Crippen LogP contribution in [0.1, 0.15) is 25.3 Å². The molecule has 3 aromatic rings. The Morgan fingerprint density at radius 3 is 2.32 bits per heavy atom. The van der Waals surface area contributed by atoms with E-state index in [0.29, 0.717) is 6.42 Å². The molecule has 0 aliphatic heterocycles. The molecule has 0 spiro atoms. The van der Waals surface area contributed by atoms with Gasteiger partial charge in [0.2, 0.25) is 0 Å². The van der Waals surface area contributed by atoms with Gasteiger partial charge in [-0.25, -0.2) is 4.98 Å². The molecular formula is C21H20N2O2. The molecule has 1 saturated carbocycles. The molecule has 1 N–H and O–H groups in total. The SMILES string of the molecule is O=C(O)[C@H]1CC[C@@H](n2cncc2-c2ccc(-c3ccccc3)cc2)C1. The van der Waals surface area contributed by atoms with Crippen molar-refractivity contribution in [2.45, 2.75) is 25.3 Å². The third-order valence-corrected chi connectivity index (χ3v) is 5.10. The fourth-order valence-electron chi connectivity index (χ4n) is 3.72. The van der Waals surface area contributed by atoms with Gasteiger partial charge in [-0.15, -0.1) is 0 Å². The molecule has 4 heteroatoms. The monoisotopic (exact) mass is 332 g/mol. The fourth-order valence-corrected chi connectivity index (χ4v) is 3.72. The summed E-state index contributed by atoms with van der Waals surface area (Å²) >= 11 is 0. The first-order valence-corrected chi connectivity index (χ1v) is 8.63. The third kappa shape index (κ3) is 3.07. The molecule has 2 atom stereocenters. The van der Waals surface area contributed by atoms with E-state index in [2.05, 4.69) is 45.9 Å². The molecule has 4 nitrogen and oxygen atoms in total. The van der Waals surface area contributed by atoms with Gasteiger partial charge in [-0.05, 0) is 36.0 Å². The summed E-state index contributed by atoms with van der Waals surface area (Å²) in [4.78, 5) is 15.5. The first-order valence-electron chi connectivity index (χ1n) is 8.63. The van der Waals surface area contributed by atoms with Gasteiger partial charge < -0.3 is 9.67 Å². The minimum atomic E-state index is -0.684. The lowest BCUT2D eigenvalue weighted by molar-refractivity contribution is -0.141. The Kier molecular flexibility index (Phi) is 4.10. The molecule has 2 aromatic carbocycles. The molecule has 1 aliphatic carbocycles. The zero-order chi connectivity index (χ0) is 17.2. The summed E-state index contributed by atoms with van der Waals surface area (Å²) < 4.78 is 2.14. The number of aromatic nitrogens is 2. The number of carbonyl (C=O) groups is 1. The molecule has 0 saturated heterocycles. The van der Waals surface area contributed by atoms with Crippen LogP contribution in [0.25, 0.3) is 22.4 Å². The predicted octanol–water partition coefficient (Wildman–Crippen LogP) is 4.64. The first kappa shape index (κ1) is 15.6. The van der Waals surface area contributed by atoms with Crippen molar-refractivity contribution >= 4 is 5.97 Å². The molecule has 126 valence electrons. The molecule has 1 aliphatic rings. The lowest BCUT2D eigenvalue weighted by atomic mass is 10.0. The molecule has 0 bridgehead atoms. The maximum Gasteiger partial charge on any atom is 0.306 e. The topological polar surface area (TPSA) is 55.1 Å². The van der Waals surface area contributed by atoms with Gasteiger partial charge in [0.25, 0.3) is 0 Å². The summed E-state index contributed by atoms with van der Waals surface area (Å²) in [5.41, 5.74) is 4.54. The molecule has 0 unspecified atom stereocenters. The number of carboxylic acids is 1. The Balaban J connectivity index is 1.59. The Bertz CT molecular complexity index is 868. The van der Waals surface area contributed by atoms with Gasteiger partial charge in [0.1, 0.15) is 0 Å². The molecule has 1 heterocycles. The second-order valence-corrected chi connectivity index (χ2v) is 6.63. The van der Waals surface area contributed by atoms with Crippen molar-refractivity contribution in [1.82, 2.24) is 9.55 Å². The van der Waals surface area contributed by atoms with E-state index in [1.165, 1.54) is 11.1 Å². The quantitative estimate of drug-likeness (QED) is 0.757. The second-order valence-electron chi connectivity index (χ2n) is 6.63. The second kappa shape index (κ2) is 6.55. The van der Waals surface area contributed by atoms with Crippen LogP contribution in [0.5, 0.6) is 0 Å². The van der Waals surface area contributed by atoms with Crippen molar-refractivity contribution in [3.05, 3.63) is 67.1 Å². The normalized spacial score (nSPS) is 19.8. The van der Waals surface area contributed by atoms with Gasteiger partial charge in [-0.3, -0.25) is 4.79 Å². The molecular weight excluding hydrogens is 312 g/mol. The largest absolute Gasteiger partial charge is 0.481 e. The standard InChI is InChI=1S/C21H20N2O2/c24-21(25)18-10-11-19(12-18)23-14-22-13-20(23)17-8-6-16(7-9-17)15-4-2-1-3-5-15/h1-9,13-14,18-19H,10-12H2,(H,24,25)/t18-,19+/m0/s1. The van der Waals surface area contributed by atoms with Crippen LogP contribution in [0, 0.1) is 5.92 Å². The number of aliphatic carboxylic acids is 1. The summed E-state index contributed by atoms with van der Waals surface area (Å²) in [5, 5.41) is 9.23. The van der Waals surface area contributed by atoms with Gasteiger partial charge in [0.05, 0.1) is 24.1 Å². The minimum Gasteiger partial charge on any atom is -0.481 e. The van der Waals surface area contributed by atoms with E-state index >= 15 is 0 Å². The summed E-state index contributed by atoms with van der Waals surface area (Å²) in [7, 11) is 0. The van der Waals surface area contributed by atoms with Gasteiger partial charge in [-0.1, -0.05) is 54.6 Å². The lowest BCUT2D eigenvalue weighted by Gasteiger charge is -2.16. The van der Waals surface area contributed by atoms with Gasteiger partial charge in [0, 0.05) is 6.04 Å². The van der Waals surface area contributed by atoms with Crippen molar-refractivity contribution in [3.63, 3.8) is 0 Å². The molecule has 0 radical (unpaired) electrons. The fraction of sp³-hybridized carbons (Fsp3) is 0.238. The molecule has 4 rings (SSSR count). The minimum absolute atomic E-state index is 0.215. The number of carboxylic acid groups (broad SMARTS) is 1. The molecule has 25 heavy (non-hydrogen) atoms. The smallest absolute Gasteiger partial charge is 0.306 e. The van der Waals surface area contributed by atoms with E-state index < -0.39 is 5.97 Å². The summed E-state index contributed by atoms with van der Waals surface area (Å²) in [6.07, 6.45) is 6.01. The van der Waals surface area contributed by atoms with Crippen molar-refractivity contribution in [1.29, 1.82) is 0 Å². The lowest BCUT2D eigenvalue weighted by Crippen LogP contribution is -2.11. The van der Waals surface area contributed by atoms with E-state index in [1.54, 1.807) is 0 Å². The van der Waals surface area contributed by atoms with Crippen LogP contribution in [0.4, 0.5) is 0 Å². The average molecular weight is 332 g/mol. The zero-order valence-corrected chi connectivity index (χ0v) is 13.9. The highest BCUT2D eigenvalue weighted by Crippen LogP contribution is 2.37. The Morgan fingerprint density at radius 2 is 1.64 bits per heavy atom. The van der Waals surface area contributed by atoms with Crippen LogP contribution < -0.4 is 0 Å². The summed E-state index contributed by atoms with van der Waals surface area (Å²) in [6.45, 7) is 0. The number of hydrogen-bond donors (Lipinski definition) is 1. The Morgan fingerprint density at radius 1 is 0.960 bits per heavy atom. The van der Waals surface area contributed by atoms with Crippen LogP contribution in [0.3, 0.4) is 0 Å². The van der Waals surface area contributed by atoms with Crippen molar-refractivity contribution in [2.24, 2.45) is 5.92 Å². The Hall–Kier alpha value is -2.88.